The van der Waals surface area contributed by atoms with E-state index in [1.807, 2.05) is 18.2 Å². The van der Waals surface area contributed by atoms with E-state index in [4.69, 9.17) is 5.11 Å². The van der Waals surface area contributed by atoms with Crippen LogP contribution in [-0.2, 0) is 0 Å². The Labute approximate surface area is 93.5 Å². The number of rotatable bonds is 2. The molecule has 16 heavy (non-hydrogen) atoms. The van der Waals surface area contributed by atoms with Crippen LogP contribution in [0.5, 0.6) is 0 Å². The number of fused-ring (bicyclic) bond motifs is 1. The Morgan fingerprint density at radius 2 is 2.12 bits per heavy atom. The average molecular weight is 215 g/mol. The second kappa shape index (κ2) is 3.72. The second-order valence-electron chi connectivity index (χ2n) is 4.21. The first-order valence-electron chi connectivity index (χ1n) is 5.44. The molecular formula is C12H13N3O. The van der Waals surface area contributed by atoms with Crippen LogP contribution in [0.15, 0.2) is 30.5 Å². The van der Waals surface area contributed by atoms with Gasteiger partial charge in [-0.3, -0.25) is 0 Å². The van der Waals surface area contributed by atoms with Crippen molar-refractivity contribution in [2.75, 3.05) is 24.6 Å². The van der Waals surface area contributed by atoms with Crippen molar-refractivity contribution < 1.29 is 5.11 Å². The molecule has 0 amide bonds. The van der Waals surface area contributed by atoms with Gasteiger partial charge in [-0.1, -0.05) is 24.3 Å². The summed E-state index contributed by atoms with van der Waals surface area (Å²) in [7, 11) is 0. The molecule has 1 aromatic heterocycles. The molecule has 1 aliphatic rings. The van der Waals surface area contributed by atoms with Crippen LogP contribution in [0.3, 0.4) is 0 Å². The first-order valence-corrected chi connectivity index (χ1v) is 5.44. The maximum atomic E-state index is 9.00. The van der Waals surface area contributed by atoms with Gasteiger partial charge < -0.3 is 10.0 Å². The minimum Gasteiger partial charge on any atom is -0.396 e. The minimum absolute atomic E-state index is 0.259. The molecule has 2 aromatic rings. The summed E-state index contributed by atoms with van der Waals surface area (Å²) in [5, 5.41) is 19.4. The molecule has 1 N–H and O–H groups in total. The van der Waals surface area contributed by atoms with E-state index in [1.54, 1.807) is 6.20 Å². The third kappa shape index (κ3) is 1.42. The van der Waals surface area contributed by atoms with Crippen molar-refractivity contribution in [1.82, 2.24) is 10.2 Å². The van der Waals surface area contributed by atoms with Crippen LogP contribution in [0.4, 0.5) is 5.82 Å². The largest absolute Gasteiger partial charge is 0.396 e. The van der Waals surface area contributed by atoms with Crippen molar-refractivity contribution >= 4 is 16.6 Å². The topological polar surface area (TPSA) is 49.2 Å². The minimum atomic E-state index is 0.259. The Morgan fingerprint density at radius 3 is 2.94 bits per heavy atom. The molecule has 1 aromatic carbocycles. The Morgan fingerprint density at radius 1 is 1.31 bits per heavy atom. The van der Waals surface area contributed by atoms with Gasteiger partial charge in [0.2, 0.25) is 0 Å². The quantitative estimate of drug-likeness (QED) is 0.813. The van der Waals surface area contributed by atoms with Crippen LogP contribution in [0, 0.1) is 5.92 Å². The van der Waals surface area contributed by atoms with E-state index in [0.717, 1.165) is 29.7 Å². The van der Waals surface area contributed by atoms with E-state index in [0.29, 0.717) is 5.92 Å². The van der Waals surface area contributed by atoms with E-state index in [9.17, 15) is 0 Å². The molecule has 2 heterocycles. The summed E-state index contributed by atoms with van der Waals surface area (Å²) >= 11 is 0. The van der Waals surface area contributed by atoms with E-state index < -0.39 is 0 Å². The van der Waals surface area contributed by atoms with Crippen LogP contribution < -0.4 is 4.90 Å². The molecule has 4 heteroatoms. The van der Waals surface area contributed by atoms with Crippen molar-refractivity contribution in [2.45, 2.75) is 0 Å². The zero-order chi connectivity index (χ0) is 11.0. The van der Waals surface area contributed by atoms with Gasteiger partial charge in [0.15, 0.2) is 5.82 Å². The lowest BCUT2D eigenvalue weighted by molar-refractivity contribution is 0.200. The second-order valence-corrected chi connectivity index (χ2v) is 4.21. The van der Waals surface area contributed by atoms with Crippen LogP contribution in [0.2, 0.25) is 0 Å². The zero-order valence-electron chi connectivity index (χ0n) is 8.87. The highest BCUT2D eigenvalue weighted by atomic mass is 16.3. The summed E-state index contributed by atoms with van der Waals surface area (Å²) in [6.45, 7) is 2.01. The summed E-state index contributed by atoms with van der Waals surface area (Å²) in [5.74, 6) is 1.32. The number of aromatic nitrogens is 2. The zero-order valence-corrected chi connectivity index (χ0v) is 8.87. The smallest absolute Gasteiger partial charge is 0.159 e. The lowest BCUT2D eigenvalue weighted by Gasteiger charge is -2.39. The van der Waals surface area contributed by atoms with Gasteiger partial charge in [-0.15, -0.1) is 5.10 Å². The maximum absolute atomic E-state index is 9.00. The SMILES string of the molecule is OCC1CN(c2nncc3ccccc23)C1. The molecule has 0 bridgehead atoms. The molecule has 0 saturated carbocycles. The Kier molecular flexibility index (Phi) is 2.22. The first-order chi connectivity index (χ1) is 7.88. The number of anilines is 1. The fourth-order valence-corrected chi connectivity index (χ4v) is 2.10. The molecule has 82 valence electrons. The predicted molar refractivity (Wildman–Crippen MR) is 62.3 cm³/mol. The summed E-state index contributed by atoms with van der Waals surface area (Å²) in [6, 6.07) is 8.11. The molecular weight excluding hydrogens is 202 g/mol. The molecule has 0 unspecified atom stereocenters. The standard InChI is InChI=1S/C12H13N3O/c16-8-9-6-15(7-9)12-11-4-2-1-3-10(11)5-13-14-12/h1-5,9,16H,6-8H2. The molecule has 0 radical (unpaired) electrons. The number of nitrogens with zero attached hydrogens (tertiary/aromatic N) is 3. The van der Waals surface area contributed by atoms with Crippen LogP contribution in [0.25, 0.3) is 10.8 Å². The Hall–Kier alpha value is -1.68. The van der Waals surface area contributed by atoms with Crippen molar-refractivity contribution in [3.8, 4) is 0 Å². The van der Waals surface area contributed by atoms with Crippen LogP contribution in [0.1, 0.15) is 0 Å². The fraction of sp³-hybridized carbons (Fsp3) is 0.333. The van der Waals surface area contributed by atoms with Crippen molar-refractivity contribution in [1.29, 1.82) is 0 Å². The Balaban J connectivity index is 1.98. The molecule has 1 fully saturated rings. The Bertz CT molecular complexity index is 503. The van der Waals surface area contributed by atoms with Crippen molar-refractivity contribution in [2.24, 2.45) is 5.92 Å². The van der Waals surface area contributed by atoms with Crippen molar-refractivity contribution in [3.05, 3.63) is 30.5 Å². The number of benzene rings is 1. The maximum Gasteiger partial charge on any atom is 0.159 e. The summed E-state index contributed by atoms with van der Waals surface area (Å²) in [5.41, 5.74) is 0. The molecule has 1 aliphatic heterocycles. The van der Waals surface area contributed by atoms with E-state index >= 15 is 0 Å². The van der Waals surface area contributed by atoms with Crippen molar-refractivity contribution in [3.63, 3.8) is 0 Å². The molecule has 0 aliphatic carbocycles. The molecule has 0 atom stereocenters. The molecule has 0 spiro atoms. The molecule has 4 nitrogen and oxygen atoms in total. The summed E-state index contributed by atoms with van der Waals surface area (Å²) < 4.78 is 0. The number of hydrogen-bond donors (Lipinski definition) is 1. The van der Waals surface area contributed by atoms with Gasteiger partial charge in [0.25, 0.3) is 0 Å². The van der Waals surface area contributed by atoms with E-state index in [2.05, 4.69) is 21.2 Å². The average Bonchev–Trinajstić information content (AvgIpc) is 2.28. The monoisotopic (exact) mass is 215 g/mol. The number of hydrogen-bond acceptors (Lipinski definition) is 4. The highest BCUT2D eigenvalue weighted by Crippen LogP contribution is 2.28. The lowest BCUT2D eigenvalue weighted by Crippen LogP contribution is -2.48. The van der Waals surface area contributed by atoms with Gasteiger partial charge >= 0.3 is 0 Å². The first kappa shape index (κ1) is 9.54. The van der Waals surface area contributed by atoms with E-state index in [1.165, 1.54) is 0 Å². The number of aliphatic hydroxyl groups is 1. The van der Waals surface area contributed by atoms with Gasteiger partial charge in [-0.05, 0) is 0 Å². The highest BCUT2D eigenvalue weighted by molar-refractivity contribution is 5.91. The normalized spacial score (nSPS) is 16.4. The van der Waals surface area contributed by atoms with Crippen LogP contribution >= 0.6 is 0 Å². The van der Waals surface area contributed by atoms with Gasteiger partial charge in [-0.25, -0.2) is 0 Å². The van der Waals surface area contributed by atoms with Gasteiger partial charge in [0, 0.05) is 36.4 Å². The van der Waals surface area contributed by atoms with E-state index in [-0.39, 0.29) is 6.61 Å². The third-order valence-corrected chi connectivity index (χ3v) is 3.07. The lowest BCUT2D eigenvalue weighted by atomic mass is 10.0. The highest BCUT2D eigenvalue weighted by Gasteiger charge is 2.28. The summed E-state index contributed by atoms with van der Waals surface area (Å²) in [4.78, 5) is 2.16. The summed E-state index contributed by atoms with van der Waals surface area (Å²) in [6.07, 6.45) is 1.78. The fourth-order valence-electron chi connectivity index (χ4n) is 2.10. The third-order valence-electron chi connectivity index (χ3n) is 3.07. The predicted octanol–water partition coefficient (Wildman–Crippen LogP) is 1.06. The molecule has 3 rings (SSSR count). The van der Waals surface area contributed by atoms with Gasteiger partial charge in [0.1, 0.15) is 0 Å². The number of aliphatic hydroxyl groups excluding tert-OH is 1. The van der Waals surface area contributed by atoms with Crippen LogP contribution in [-0.4, -0.2) is 35.0 Å². The molecule has 1 saturated heterocycles. The van der Waals surface area contributed by atoms with Gasteiger partial charge in [0.05, 0.1) is 6.20 Å². The van der Waals surface area contributed by atoms with Gasteiger partial charge in [-0.2, -0.15) is 5.10 Å².